The second-order valence-corrected chi connectivity index (χ2v) is 4.87. The number of rotatable bonds is 2. The summed E-state index contributed by atoms with van der Waals surface area (Å²) in [5.41, 5.74) is 1.94. The van der Waals surface area contributed by atoms with Crippen molar-refractivity contribution in [2.75, 3.05) is 13.1 Å². The largest absolute Gasteiger partial charge is 0.345 e. The lowest BCUT2D eigenvalue weighted by atomic mass is 9.94. The maximum Gasteiger partial charge on any atom is 0.345 e. The summed E-state index contributed by atoms with van der Waals surface area (Å²) in [4.78, 5) is 18.5. The summed E-state index contributed by atoms with van der Waals surface area (Å²) in [6, 6.07) is 2.12. The first-order valence-electron chi connectivity index (χ1n) is 6.15. The van der Waals surface area contributed by atoms with Crippen molar-refractivity contribution in [1.82, 2.24) is 15.3 Å². The first-order chi connectivity index (χ1) is 7.83. The van der Waals surface area contributed by atoms with Gasteiger partial charge >= 0.3 is 5.69 Å². The second kappa shape index (κ2) is 4.01. The van der Waals surface area contributed by atoms with Crippen LogP contribution in [0.2, 0.25) is 0 Å². The normalized spacial score (nSPS) is 22.2. The van der Waals surface area contributed by atoms with Crippen LogP contribution < -0.4 is 11.0 Å². The van der Waals surface area contributed by atoms with Gasteiger partial charge in [0.25, 0.3) is 0 Å². The van der Waals surface area contributed by atoms with Gasteiger partial charge in [-0.2, -0.15) is 4.98 Å². The third kappa shape index (κ3) is 2.02. The van der Waals surface area contributed by atoms with Gasteiger partial charge in [0, 0.05) is 17.5 Å². The Balaban J connectivity index is 1.89. The van der Waals surface area contributed by atoms with Crippen LogP contribution in [0.3, 0.4) is 0 Å². The highest BCUT2D eigenvalue weighted by Gasteiger charge is 2.27. The number of aromatic nitrogens is 2. The Morgan fingerprint density at radius 3 is 2.56 bits per heavy atom. The third-order valence-corrected chi connectivity index (χ3v) is 3.56. The van der Waals surface area contributed by atoms with E-state index in [1.54, 1.807) is 0 Å². The van der Waals surface area contributed by atoms with Crippen LogP contribution in [0.25, 0.3) is 0 Å². The predicted molar refractivity (Wildman–Crippen MR) is 61.7 cm³/mol. The van der Waals surface area contributed by atoms with E-state index in [2.05, 4.69) is 21.4 Å². The first-order valence-corrected chi connectivity index (χ1v) is 6.15. The van der Waals surface area contributed by atoms with Crippen LogP contribution in [0, 0.1) is 0 Å². The Kier molecular flexibility index (Phi) is 2.52. The van der Waals surface area contributed by atoms with Crippen molar-refractivity contribution in [1.29, 1.82) is 0 Å². The maximum absolute atomic E-state index is 11.5. The van der Waals surface area contributed by atoms with Crippen LogP contribution in [-0.4, -0.2) is 23.1 Å². The third-order valence-electron chi connectivity index (χ3n) is 3.56. The minimum Gasteiger partial charge on any atom is -0.317 e. The van der Waals surface area contributed by atoms with Gasteiger partial charge in [0.2, 0.25) is 0 Å². The molecule has 2 aliphatic rings. The summed E-state index contributed by atoms with van der Waals surface area (Å²) >= 11 is 0. The van der Waals surface area contributed by atoms with Crippen molar-refractivity contribution < 1.29 is 0 Å². The number of hydrogen-bond acceptors (Lipinski definition) is 3. The molecule has 1 aromatic rings. The van der Waals surface area contributed by atoms with E-state index in [9.17, 15) is 4.79 Å². The van der Waals surface area contributed by atoms with Gasteiger partial charge in [-0.25, -0.2) is 4.79 Å². The van der Waals surface area contributed by atoms with Gasteiger partial charge in [-0.05, 0) is 44.8 Å². The van der Waals surface area contributed by atoms with Crippen LogP contribution >= 0.6 is 0 Å². The highest BCUT2D eigenvalue weighted by atomic mass is 16.1. The minimum absolute atomic E-state index is 0.169. The molecule has 0 bridgehead atoms. The molecular weight excluding hydrogens is 202 g/mol. The molecule has 0 atom stereocenters. The van der Waals surface area contributed by atoms with Crippen molar-refractivity contribution in [3.8, 4) is 0 Å². The Bertz CT molecular complexity index is 430. The Morgan fingerprint density at radius 1 is 1.12 bits per heavy atom. The number of piperidine rings is 1. The van der Waals surface area contributed by atoms with Crippen LogP contribution in [0.4, 0.5) is 0 Å². The molecular formula is C12H17N3O. The van der Waals surface area contributed by atoms with E-state index in [1.165, 1.54) is 12.8 Å². The molecule has 0 amide bonds. The number of nitrogens with one attached hydrogen (secondary N) is 2. The summed E-state index contributed by atoms with van der Waals surface area (Å²) in [5, 5.41) is 3.34. The van der Waals surface area contributed by atoms with Crippen molar-refractivity contribution in [3.63, 3.8) is 0 Å². The van der Waals surface area contributed by atoms with E-state index < -0.39 is 0 Å². The van der Waals surface area contributed by atoms with Gasteiger partial charge in [0.05, 0.1) is 5.69 Å². The SMILES string of the molecule is O=c1nc(C2CC2)cc(C2CCNCC2)[nH]1. The van der Waals surface area contributed by atoms with E-state index in [4.69, 9.17) is 0 Å². The van der Waals surface area contributed by atoms with Crippen molar-refractivity contribution in [2.45, 2.75) is 37.5 Å². The number of H-pyrrole nitrogens is 1. The molecule has 86 valence electrons. The van der Waals surface area contributed by atoms with Crippen molar-refractivity contribution in [2.24, 2.45) is 0 Å². The fourth-order valence-corrected chi connectivity index (χ4v) is 2.44. The van der Waals surface area contributed by atoms with Crippen LogP contribution in [-0.2, 0) is 0 Å². The minimum atomic E-state index is -0.169. The second-order valence-electron chi connectivity index (χ2n) is 4.87. The molecule has 4 nitrogen and oxygen atoms in total. The molecule has 2 heterocycles. The molecule has 1 saturated carbocycles. The summed E-state index contributed by atoms with van der Waals surface area (Å²) in [7, 11) is 0. The predicted octanol–water partition coefficient (Wildman–Crippen LogP) is 1.11. The van der Waals surface area contributed by atoms with Crippen LogP contribution in [0.15, 0.2) is 10.9 Å². The molecule has 4 heteroatoms. The molecule has 1 aromatic heterocycles. The molecule has 2 fully saturated rings. The van der Waals surface area contributed by atoms with E-state index in [0.717, 1.165) is 37.3 Å². The Labute approximate surface area is 94.5 Å². The number of aromatic amines is 1. The molecule has 0 spiro atoms. The lowest BCUT2D eigenvalue weighted by Crippen LogP contribution is -2.28. The van der Waals surface area contributed by atoms with Gasteiger partial charge in [0.1, 0.15) is 0 Å². The zero-order valence-corrected chi connectivity index (χ0v) is 9.33. The first kappa shape index (κ1) is 10.0. The lowest BCUT2D eigenvalue weighted by Gasteiger charge is -2.22. The monoisotopic (exact) mass is 219 g/mol. The molecule has 0 aromatic carbocycles. The fraction of sp³-hybridized carbons (Fsp3) is 0.667. The van der Waals surface area contributed by atoms with E-state index >= 15 is 0 Å². The average Bonchev–Trinajstić information content (AvgIpc) is 3.13. The summed E-state index contributed by atoms with van der Waals surface area (Å²) in [6.07, 6.45) is 4.62. The van der Waals surface area contributed by atoms with E-state index in [0.29, 0.717) is 11.8 Å². The van der Waals surface area contributed by atoms with E-state index in [1.807, 2.05) is 0 Å². The number of hydrogen-bond donors (Lipinski definition) is 2. The molecule has 3 rings (SSSR count). The molecule has 0 radical (unpaired) electrons. The van der Waals surface area contributed by atoms with Gasteiger partial charge in [0.15, 0.2) is 0 Å². The van der Waals surface area contributed by atoms with Gasteiger partial charge < -0.3 is 10.3 Å². The lowest BCUT2D eigenvalue weighted by molar-refractivity contribution is 0.451. The van der Waals surface area contributed by atoms with Crippen molar-refractivity contribution >= 4 is 0 Å². The molecule has 16 heavy (non-hydrogen) atoms. The van der Waals surface area contributed by atoms with Gasteiger partial charge in [-0.3, -0.25) is 0 Å². The zero-order chi connectivity index (χ0) is 11.0. The zero-order valence-electron chi connectivity index (χ0n) is 9.33. The number of nitrogens with zero attached hydrogens (tertiary/aromatic N) is 1. The Morgan fingerprint density at radius 2 is 1.88 bits per heavy atom. The summed E-state index contributed by atoms with van der Waals surface area (Å²) in [5.74, 6) is 1.07. The summed E-state index contributed by atoms with van der Waals surface area (Å²) < 4.78 is 0. The van der Waals surface area contributed by atoms with Crippen LogP contribution in [0.1, 0.15) is 48.9 Å². The summed E-state index contributed by atoms with van der Waals surface area (Å²) in [6.45, 7) is 2.10. The van der Waals surface area contributed by atoms with Crippen LogP contribution in [0.5, 0.6) is 0 Å². The highest BCUT2D eigenvalue weighted by Crippen LogP contribution is 2.39. The molecule has 2 N–H and O–H groups in total. The quantitative estimate of drug-likeness (QED) is 0.783. The molecule has 1 saturated heterocycles. The Hall–Kier alpha value is -1.16. The van der Waals surface area contributed by atoms with Gasteiger partial charge in [-0.15, -0.1) is 0 Å². The highest BCUT2D eigenvalue weighted by molar-refractivity contribution is 5.20. The fourth-order valence-electron chi connectivity index (χ4n) is 2.44. The molecule has 1 aliphatic heterocycles. The maximum atomic E-state index is 11.5. The topological polar surface area (TPSA) is 57.8 Å². The van der Waals surface area contributed by atoms with Gasteiger partial charge in [-0.1, -0.05) is 0 Å². The standard InChI is InChI=1S/C12H17N3O/c16-12-14-10(8-1-2-8)7-11(15-12)9-3-5-13-6-4-9/h7-9,13H,1-6H2,(H,14,15,16). The van der Waals surface area contributed by atoms with Crippen molar-refractivity contribution in [3.05, 3.63) is 27.9 Å². The average molecular weight is 219 g/mol. The molecule has 1 aliphatic carbocycles. The van der Waals surface area contributed by atoms with E-state index in [-0.39, 0.29) is 5.69 Å². The molecule has 0 unspecified atom stereocenters. The smallest absolute Gasteiger partial charge is 0.317 e.